The van der Waals surface area contributed by atoms with Crippen LogP contribution in [0.3, 0.4) is 0 Å². The molecule has 0 aromatic heterocycles. The molecule has 2 atom stereocenters. The molecule has 0 aromatic carbocycles. The van der Waals surface area contributed by atoms with E-state index in [4.69, 9.17) is 4.74 Å². The van der Waals surface area contributed by atoms with Gasteiger partial charge in [-0.3, -0.25) is 4.90 Å². The van der Waals surface area contributed by atoms with Gasteiger partial charge < -0.3 is 10.1 Å². The van der Waals surface area contributed by atoms with E-state index in [0.29, 0.717) is 12.1 Å². The van der Waals surface area contributed by atoms with Crippen LogP contribution in [0.15, 0.2) is 0 Å². The summed E-state index contributed by atoms with van der Waals surface area (Å²) in [5.41, 5.74) is 0.103. The van der Waals surface area contributed by atoms with E-state index in [2.05, 4.69) is 37.9 Å². The van der Waals surface area contributed by atoms with E-state index in [-0.39, 0.29) is 5.60 Å². The molecular formula is C16H32N2O. The minimum atomic E-state index is 0.103. The molecule has 2 fully saturated rings. The maximum Gasteiger partial charge on any atom is 0.0710 e. The maximum atomic E-state index is 6.15. The summed E-state index contributed by atoms with van der Waals surface area (Å²) < 4.78 is 6.15. The van der Waals surface area contributed by atoms with Crippen LogP contribution in [-0.4, -0.2) is 48.8 Å². The van der Waals surface area contributed by atoms with Crippen molar-refractivity contribution in [2.24, 2.45) is 5.92 Å². The molecule has 2 unspecified atom stereocenters. The van der Waals surface area contributed by atoms with Gasteiger partial charge >= 0.3 is 0 Å². The molecule has 0 aromatic rings. The second-order valence-electron chi connectivity index (χ2n) is 7.43. The minimum absolute atomic E-state index is 0.103. The molecule has 19 heavy (non-hydrogen) atoms. The van der Waals surface area contributed by atoms with Crippen LogP contribution in [0.5, 0.6) is 0 Å². The molecule has 2 aliphatic heterocycles. The lowest BCUT2D eigenvalue weighted by atomic mass is 10.0. The Morgan fingerprint density at radius 2 is 2.16 bits per heavy atom. The van der Waals surface area contributed by atoms with Crippen molar-refractivity contribution in [2.45, 2.75) is 71.1 Å². The van der Waals surface area contributed by atoms with Gasteiger partial charge in [-0.15, -0.1) is 0 Å². The molecule has 2 heterocycles. The number of hydrogen-bond donors (Lipinski definition) is 1. The Labute approximate surface area is 119 Å². The third-order valence-corrected chi connectivity index (χ3v) is 4.33. The predicted octanol–water partition coefficient (Wildman–Crippen LogP) is 2.65. The minimum Gasteiger partial charge on any atom is -0.371 e. The smallest absolute Gasteiger partial charge is 0.0710 e. The van der Waals surface area contributed by atoms with Crippen LogP contribution in [0.1, 0.15) is 53.4 Å². The van der Waals surface area contributed by atoms with Crippen molar-refractivity contribution < 1.29 is 4.74 Å². The highest BCUT2D eigenvalue weighted by molar-refractivity contribution is 4.85. The summed E-state index contributed by atoms with van der Waals surface area (Å²) >= 11 is 0. The van der Waals surface area contributed by atoms with Crippen LogP contribution in [0, 0.1) is 5.92 Å². The van der Waals surface area contributed by atoms with Crippen molar-refractivity contribution in [1.29, 1.82) is 0 Å². The molecule has 0 saturated carbocycles. The van der Waals surface area contributed by atoms with Gasteiger partial charge in [0.25, 0.3) is 0 Å². The first-order valence-electron chi connectivity index (χ1n) is 8.08. The summed E-state index contributed by atoms with van der Waals surface area (Å²) in [6.45, 7) is 13.8. The van der Waals surface area contributed by atoms with Gasteiger partial charge in [0.05, 0.1) is 11.7 Å². The fourth-order valence-corrected chi connectivity index (χ4v) is 3.46. The largest absolute Gasteiger partial charge is 0.371 e. The number of hydrogen-bond acceptors (Lipinski definition) is 3. The molecule has 1 N–H and O–H groups in total. The highest BCUT2D eigenvalue weighted by Gasteiger charge is 2.33. The Morgan fingerprint density at radius 3 is 2.79 bits per heavy atom. The van der Waals surface area contributed by atoms with Gasteiger partial charge in [0.1, 0.15) is 0 Å². The molecule has 3 nitrogen and oxygen atoms in total. The van der Waals surface area contributed by atoms with E-state index in [0.717, 1.165) is 12.5 Å². The lowest BCUT2D eigenvalue weighted by Crippen LogP contribution is -2.41. The van der Waals surface area contributed by atoms with Crippen LogP contribution < -0.4 is 5.32 Å². The van der Waals surface area contributed by atoms with Crippen LogP contribution in [0.25, 0.3) is 0 Å². The fraction of sp³-hybridized carbons (Fsp3) is 1.00. The maximum absolute atomic E-state index is 6.15. The van der Waals surface area contributed by atoms with Gasteiger partial charge in [-0.25, -0.2) is 0 Å². The van der Waals surface area contributed by atoms with E-state index >= 15 is 0 Å². The van der Waals surface area contributed by atoms with Gasteiger partial charge in [0, 0.05) is 19.1 Å². The van der Waals surface area contributed by atoms with Gasteiger partial charge in [-0.1, -0.05) is 13.8 Å². The first kappa shape index (κ1) is 15.3. The molecule has 2 saturated heterocycles. The van der Waals surface area contributed by atoms with Crippen LogP contribution in [-0.2, 0) is 4.74 Å². The molecule has 0 aliphatic carbocycles. The zero-order chi connectivity index (χ0) is 13.9. The highest BCUT2D eigenvalue weighted by atomic mass is 16.5. The molecule has 112 valence electrons. The number of nitrogens with one attached hydrogen (secondary N) is 1. The summed E-state index contributed by atoms with van der Waals surface area (Å²) in [4.78, 5) is 2.62. The topological polar surface area (TPSA) is 24.5 Å². The Morgan fingerprint density at radius 1 is 1.37 bits per heavy atom. The fourth-order valence-electron chi connectivity index (χ4n) is 3.46. The number of rotatable bonds is 4. The van der Waals surface area contributed by atoms with Gasteiger partial charge in [-0.2, -0.15) is 0 Å². The second kappa shape index (κ2) is 6.55. The summed E-state index contributed by atoms with van der Waals surface area (Å²) in [5.74, 6) is 0.777. The summed E-state index contributed by atoms with van der Waals surface area (Å²) in [6, 6.07) is 0.664. The van der Waals surface area contributed by atoms with Crippen LogP contribution in [0.4, 0.5) is 0 Å². The molecule has 0 amide bonds. The lowest BCUT2D eigenvalue weighted by molar-refractivity contribution is -0.0288. The monoisotopic (exact) mass is 268 g/mol. The van der Waals surface area contributed by atoms with Gasteiger partial charge in [0.15, 0.2) is 0 Å². The Balaban J connectivity index is 1.81. The van der Waals surface area contributed by atoms with E-state index in [1.807, 2.05) is 0 Å². The summed E-state index contributed by atoms with van der Waals surface area (Å²) in [7, 11) is 0. The SMILES string of the molecule is CC(C)CC1CN(CC2CCC(C)(C)O2)CCCN1. The summed E-state index contributed by atoms with van der Waals surface area (Å²) in [5, 5.41) is 3.70. The first-order chi connectivity index (χ1) is 8.94. The number of ether oxygens (including phenoxy) is 1. The van der Waals surface area contributed by atoms with Crippen LogP contribution in [0.2, 0.25) is 0 Å². The summed E-state index contributed by atoms with van der Waals surface area (Å²) in [6.07, 6.45) is 5.44. The van der Waals surface area contributed by atoms with Crippen molar-refractivity contribution in [3.05, 3.63) is 0 Å². The molecular weight excluding hydrogens is 236 g/mol. The zero-order valence-electron chi connectivity index (χ0n) is 13.2. The Bertz CT molecular complexity index is 278. The average molecular weight is 268 g/mol. The molecule has 0 radical (unpaired) electrons. The second-order valence-corrected chi connectivity index (χ2v) is 7.43. The van der Waals surface area contributed by atoms with Crippen molar-refractivity contribution >= 4 is 0 Å². The van der Waals surface area contributed by atoms with Crippen molar-refractivity contribution in [3.8, 4) is 0 Å². The molecule has 0 bridgehead atoms. The van der Waals surface area contributed by atoms with E-state index in [1.54, 1.807) is 0 Å². The van der Waals surface area contributed by atoms with E-state index < -0.39 is 0 Å². The van der Waals surface area contributed by atoms with Crippen LogP contribution >= 0.6 is 0 Å². The zero-order valence-corrected chi connectivity index (χ0v) is 13.2. The standard InChI is InChI=1S/C16H32N2O/c1-13(2)10-14-11-18(9-5-8-17-14)12-15-6-7-16(3,4)19-15/h13-15,17H,5-12H2,1-4H3. The van der Waals surface area contributed by atoms with Crippen molar-refractivity contribution in [1.82, 2.24) is 10.2 Å². The van der Waals surface area contributed by atoms with Gasteiger partial charge in [0.2, 0.25) is 0 Å². The van der Waals surface area contributed by atoms with Crippen molar-refractivity contribution in [3.63, 3.8) is 0 Å². The quantitative estimate of drug-likeness (QED) is 0.848. The highest BCUT2D eigenvalue weighted by Crippen LogP contribution is 2.29. The Kier molecular flexibility index (Phi) is 5.27. The van der Waals surface area contributed by atoms with E-state index in [1.165, 1.54) is 45.3 Å². The molecule has 2 aliphatic rings. The first-order valence-corrected chi connectivity index (χ1v) is 8.08. The lowest BCUT2D eigenvalue weighted by Gasteiger charge is -2.28. The normalized spacial score (nSPS) is 32.7. The van der Waals surface area contributed by atoms with Gasteiger partial charge in [-0.05, 0) is 58.5 Å². The molecule has 2 rings (SSSR count). The molecule has 0 spiro atoms. The Hall–Kier alpha value is -0.120. The predicted molar refractivity (Wildman–Crippen MR) is 80.5 cm³/mol. The third-order valence-electron chi connectivity index (χ3n) is 4.33. The number of nitrogens with zero attached hydrogens (tertiary/aromatic N) is 1. The molecule has 3 heteroatoms. The third kappa shape index (κ3) is 5.05. The van der Waals surface area contributed by atoms with Crippen molar-refractivity contribution in [2.75, 3.05) is 26.2 Å². The average Bonchev–Trinajstić information content (AvgIpc) is 2.50. The van der Waals surface area contributed by atoms with E-state index in [9.17, 15) is 0 Å².